The van der Waals surface area contributed by atoms with Crippen molar-refractivity contribution in [1.29, 1.82) is 0 Å². The molecule has 0 aromatic carbocycles. The summed E-state index contributed by atoms with van der Waals surface area (Å²) < 4.78 is 0. The zero-order valence-corrected chi connectivity index (χ0v) is 13.2. The number of rotatable bonds is 5. The summed E-state index contributed by atoms with van der Waals surface area (Å²) in [6.45, 7) is 5.50. The van der Waals surface area contributed by atoms with Gasteiger partial charge in [0.1, 0.15) is 0 Å². The van der Waals surface area contributed by atoms with Crippen LogP contribution in [0.3, 0.4) is 0 Å². The summed E-state index contributed by atoms with van der Waals surface area (Å²) >= 11 is 0. The lowest BCUT2D eigenvalue weighted by atomic mass is 9.84. The predicted octanol–water partition coefficient (Wildman–Crippen LogP) is 0.228. The number of aliphatic hydroxyl groups is 1. The number of hydrogen-bond donors (Lipinski definition) is 3. The first-order valence-electron chi connectivity index (χ1n) is 8.22. The van der Waals surface area contributed by atoms with E-state index in [0.29, 0.717) is 13.1 Å². The molecule has 0 unspecified atom stereocenters. The fourth-order valence-corrected chi connectivity index (χ4v) is 3.48. The molecule has 3 N–H and O–H groups in total. The molecule has 0 radical (unpaired) electrons. The summed E-state index contributed by atoms with van der Waals surface area (Å²) in [7, 11) is 2.17. The number of carbonyl (C=O) groups is 1. The zero-order valence-electron chi connectivity index (χ0n) is 13.2. The monoisotopic (exact) mass is 298 g/mol. The highest BCUT2D eigenvalue weighted by atomic mass is 16.3. The molecule has 2 aliphatic heterocycles. The van der Waals surface area contributed by atoms with Gasteiger partial charge in [0.05, 0.1) is 6.61 Å². The van der Waals surface area contributed by atoms with Crippen molar-refractivity contribution in [2.45, 2.75) is 37.6 Å². The normalized spacial score (nSPS) is 23.7. The molecule has 0 aromatic heterocycles. The molecule has 2 amide bonds. The summed E-state index contributed by atoms with van der Waals surface area (Å²) in [5.41, 5.74) is 0.115. The smallest absolute Gasteiger partial charge is 0.314 e. The minimum absolute atomic E-state index is 0.0184. The predicted molar refractivity (Wildman–Crippen MR) is 83.4 cm³/mol. The summed E-state index contributed by atoms with van der Waals surface area (Å²) in [6.07, 6.45) is 6.10. The van der Waals surface area contributed by atoms with E-state index in [0.717, 1.165) is 39.0 Å². The Balaban J connectivity index is 1.93. The summed E-state index contributed by atoms with van der Waals surface area (Å²) in [4.78, 5) is 16.7. The molecule has 2 aliphatic rings. The average molecular weight is 298 g/mol. The maximum absolute atomic E-state index is 11.8. The van der Waals surface area contributed by atoms with E-state index in [2.05, 4.69) is 27.5 Å². The van der Waals surface area contributed by atoms with Crippen molar-refractivity contribution >= 4 is 6.03 Å². The highest BCUT2D eigenvalue weighted by molar-refractivity contribution is 5.73. The number of likely N-dealkylation sites (tertiary alicyclic amines) is 2. The van der Waals surface area contributed by atoms with E-state index in [1.54, 1.807) is 0 Å². The van der Waals surface area contributed by atoms with E-state index in [1.165, 1.54) is 19.3 Å². The molecule has 6 heteroatoms. The van der Waals surface area contributed by atoms with Crippen LogP contribution in [-0.2, 0) is 0 Å². The average Bonchev–Trinajstić information content (AvgIpc) is 2.53. The van der Waals surface area contributed by atoms with Crippen molar-refractivity contribution in [3.63, 3.8) is 0 Å². The number of carbonyl (C=O) groups excluding carboxylic acids is 1. The van der Waals surface area contributed by atoms with Crippen LogP contribution in [-0.4, -0.2) is 79.4 Å². The molecule has 2 saturated heterocycles. The molecule has 0 spiro atoms. The lowest BCUT2D eigenvalue weighted by molar-refractivity contribution is 0.0162. The van der Waals surface area contributed by atoms with E-state index in [9.17, 15) is 4.79 Å². The van der Waals surface area contributed by atoms with Crippen molar-refractivity contribution in [2.75, 3.05) is 52.9 Å². The van der Waals surface area contributed by atoms with Gasteiger partial charge in [0.15, 0.2) is 0 Å². The zero-order chi connectivity index (χ0) is 15.1. The van der Waals surface area contributed by atoms with E-state index < -0.39 is 0 Å². The Hall–Kier alpha value is -0.850. The second-order valence-corrected chi connectivity index (χ2v) is 6.41. The van der Waals surface area contributed by atoms with Crippen molar-refractivity contribution in [3.8, 4) is 0 Å². The molecule has 0 bridgehead atoms. The van der Waals surface area contributed by atoms with Gasteiger partial charge in [-0.2, -0.15) is 0 Å². The standard InChI is InChI=1S/C15H30N4O2/c1-18-10-5-15(6-11-18,19-8-3-2-4-9-19)13-17-14(21)16-7-12-20/h20H,2-13H2,1H3,(H2,16,17,21). The number of aliphatic hydroxyl groups excluding tert-OH is 1. The van der Waals surface area contributed by atoms with Crippen LogP contribution in [0.5, 0.6) is 0 Å². The number of nitrogens with one attached hydrogen (secondary N) is 2. The molecule has 6 nitrogen and oxygen atoms in total. The Morgan fingerprint density at radius 2 is 1.76 bits per heavy atom. The molecule has 0 aromatic rings. The SMILES string of the molecule is CN1CCC(CNC(=O)NCCO)(N2CCCCC2)CC1. The molecule has 122 valence electrons. The molecule has 0 saturated carbocycles. The minimum Gasteiger partial charge on any atom is -0.395 e. The van der Waals surface area contributed by atoms with Crippen LogP contribution in [0.4, 0.5) is 4.79 Å². The quantitative estimate of drug-likeness (QED) is 0.680. The van der Waals surface area contributed by atoms with E-state index in [-0.39, 0.29) is 18.2 Å². The first-order chi connectivity index (χ1) is 10.2. The Labute approximate surface area is 127 Å². The number of piperidine rings is 2. The van der Waals surface area contributed by atoms with Gasteiger partial charge in [-0.3, -0.25) is 4.90 Å². The summed E-state index contributed by atoms with van der Waals surface area (Å²) in [5, 5.41) is 14.5. The third-order valence-electron chi connectivity index (χ3n) is 4.92. The largest absolute Gasteiger partial charge is 0.395 e. The van der Waals surface area contributed by atoms with Gasteiger partial charge in [0.2, 0.25) is 0 Å². The first kappa shape index (κ1) is 16.5. The van der Waals surface area contributed by atoms with E-state index in [4.69, 9.17) is 5.11 Å². The Bertz CT molecular complexity index is 324. The second kappa shape index (κ2) is 7.96. The van der Waals surface area contributed by atoms with Crippen molar-refractivity contribution in [1.82, 2.24) is 20.4 Å². The van der Waals surface area contributed by atoms with Crippen LogP contribution in [0.15, 0.2) is 0 Å². The van der Waals surface area contributed by atoms with Crippen molar-refractivity contribution < 1.29 is 9.90 Å². The molecule has 2 fully saturated rings. The van der Waals surface area contributed by atoms with Crippen molar-refractivity contribution in [3.05, 3.63) is 0 Å². The third-order valence-corrected chi connectivity index (χ3v) is 4.92. The van der Waals surface area contributed by atoms with Gasteiger partial charge < -0.3 is 20.6 Å². The van der Waals surface area contributed by atoms with Gasteiger partial charge in [-0.15, -0.1) is 0 Å². The Kier molecular flexibility index (Phi) is 6.26. The maximum Gasteiger partial charge on any atom is 0.314 e. The number of nitrogens with zero attached hydrogens (tertiary/aromatic N) is 2. The first-order valence-corrected chi connectivity index (χ1v) is 8.22. The Morgan fingerprint density at radius 1 is 1.10 bits per heavy atom. The van der Waals surface area contributed by atoms with Crippen molar-refractivity contribution in [2.24, 2.45) is 0 Å². The fraction of sp³-hybridized carbons (Fsp3) is 0.933. The van der Waals surface area contributed by atoms with Crippen LogP contribution in [0, 0.1) is 0 Å². The number of hydrogen-bond acceptors (Lipinski definition) is 4. The summed E-state index contributed by atoms with van der Waals surface area (Å²) in [5.74, 6) is 0. The molecular formula is C15H30N4O2. The minimum atomic E-state index is -0.167. The van der Waals surface area contributed by atoms with Gasteiger partial charge in [-0.25, -0.2) is 4.79 Å². The van der Waals surface area contributed by atoms with Crippen LogP contribution in [0.25, 0.3) is 0 Å². The number of amides is 2. The van der Waals surface area contributed by atoms with Gasteiger partial charge >= 0.3 is 6.03 Å². The van der Waals surface area contributed by atoms with Crippen LogP contribution in [0.2, 0.25) is 0 Å². The number of urea groups is 1. The molecule has 2 rings (SSSR count). The summed E-state index contributed by atoms with van der Waals surface area (Å²) in [6, 6.07) is -0.167. The Morgan fingerprint density at radius 3 is 2.38 bits per heavy atom. The highest BCUT2D eigenvalue weighted by Crippen LogP contribution is 2.30. The molecule has 0 aliphatic carbocycles. The molecule has 2 heterocycles. The highest BCUT2D eigenvalue weighted by Gasteiger charge is 2.39. The molecule has 0 atom stereocenters. The van der Waals surface area contributed by atoms with Gasteiger partial charge in [-0.05, 0) is 58.9 Å². The van der Waals surface area contributed by atoms with Crippen LogP contribution < -0.4 is 10.6 Å². The van der Waals surface area contributed by atoms with Crippen LogP contribution >= 0.6 is 0 Å². The topological polar surface area (TPSA) is 67.8 Å². The van der Waals surface area contributed by atoms with E-state index >= 15 is 0 Å². The van der Waals surface area contributed by atoms with Gasteiger partial charge in [0.25, 0.3) is 0 Å². The second-order valence-electron chi connectivity index (χ2n) is 6.41. The van der Waals surface area contributed by atoms with Gasteiger partial charge in [-0.1, -0.05) is 6.42 Å². The van der Waals surface area contributed by atoms with Gasteiger partial charge in [0, 0.05) is 18.6 Å². The van der Waals surface area contributed by atoms with Crippen LogP contribution in [0.1, 0.15) is 32.1 Å². The van der Waals surface area contributed by atoms with E-state index in [1.807, 2.05) is 0 Å². The molecular weight excluding hydrogens is 268 g/mol. The maximum atomic E-state index is 11.8. The molecule has 21 heavy (non-hydrogen) atoms. The fourth-order valence-electron chi connectivity index (χ4n) is 3.48. The lowest BCUT2D eigenvalue weighted by Crippen LogP contribution is -2.62. The third kappa shape index (κ3) is 4.56. The lowest BCUT2D eigenvalue weighted by Gasteiger charge is -2.50.